The molecule has 0 rings (SSSR count). The molecule has 0 amide bonds. The third kappa shape index (κ3) is 2550. The minimum atomic E-state index is -4.67. The first-order chi connectivity index (χ1) is 4.00. The van der Waals surface area contributed by atoms with Crippen molar-refractivity contribution < 1.29 is 56.2 Å². The van der Waals surface area contributed by atoms with Gasteiger partial charge in [-0.1, -0.05) is 0 Å². The molecule has 8 nitrogen and oxygen atoms in total. The van der Waals surface area contributed by atoms with Crippen molar-refractivity contribution in [3.63, 3.8) is 0 Å². The second kappa shape index (κ2) is 6.11. The molecule has 0 aliphatic carbocycles. The van der Waals surface area contributed by atoms with Gasteiger partial charge < -0.3 is 19.2 Å². The first-order valence-corrected chi connectivity index (χ1v) is 4.78. The van der Waals surface area contributed by atoms with Crippen molar-refractivity contribution in [1.29, 1.82) is 0 Å². The molecule has 0 aromatic rings. The Labute approximate surface area is 75.9 Å². The zero-order valence-corrected chi connectivity index (χ0v) is 9.90. The minimum absolute atomic E-state index is 0. The molecule has 0 atom stereocenters. The average Bonchev–Trinajstić information content (AvgIpc) is 1.12. The van der Waals surface area contributed by atoms with Crippen LogP contribution in [0.1, 0.15) is 0 Å². The third-order valence-corrected chi connectivity index (χ3v) is 0. The molecule has 0 aliphatic heterocycles. The van der Waals surface area contributed by atoms with Crippen LogP contribution in [0.2, 0.25) is 0 Å². The Morgan fingerprint density at radius 1 is 0.909 bits per heavy atom. The quantitative estimate of drug-likeness (QED) is 0.195. The number of rotatable bonds is 0. The van der Waals surface area contributed by atoms with Crippen LogP contribution in [0.15, 0.2) is 0 Å². The van der Waals surface area contributed by atoms with Gasteiger partial charge in [0.25, 0.3) is 0 Å². The largest absolute Gasteiger partial charge is 0.668 e. The van der Waals surface area contributed by atoms with E-state index in [1.165, 1.54) is 0 Å². The summed E-state index contributed by atoms with van der Waals surface area (Å²) in [4.78, 5) is 29.3. The summed E-state index contributed by atoms with van der Waals surface area (Å²) in [6, 6.07) is 0. The van der Waals surface area contributed by atoms with Crippen molar-refractivity contribution >= 4 is 19.4 Å². The average molecular weight is 260 g/mol. The molecule has 0 heterocycles. The van der Waals surface area contributed by atoms with Gasteiger partial charge in [-0.05, 0) is 0 Å². The minimum Gasteiger partial charge on any atom is -0.368 e. The van der Waals surface area contributed by atoms with Crippen LogP contribution in [0.5, 0.6) is 0 Å². The van der Waals surface area contributed by atoms with Crippen molar-refractivity contribution in [2.45, 2.75) is 0 Å². The van der Waals surface area contributed by atoms with E-state index in [0.29, 0.717) is 0 Å². The fourth-order valence-corrected chi connectivity index (χ4v) is 0. The zero-order valence-electron chi connectivity index (χ0n) is 5.12. The van der Waals surface area contributed by atoms with Crippen LogP contribution in [-0.2, 0) is 29.9 Å². The monoisotopic (exact) mass is 258 g/mol. The normalized spacial score (nSPS) is 10.7. The maximum absolute atomic E-state index is 8.74. The van der Waals surface area contributed by atoms with Gasteiger partial charge in [0.1, 0.15) is 0 Å². The summed E-state index contributed by atoms with van der Waals surface area (Å²) < 4.78 is 31.6. The maximum atomic E-state index is 8.74. The van der Waals surface area contributed by atoms with Crippen LogP contribution in [0, 0.1) is 0 Å². The Balaban J connectivity index is -0.000000107. The van der Waals surface area contributed by atoms with Gasteiger partial charge in [0.05, 0.1) is 0 Å². The van der Waals surface area contributed by atoms with Crippen LogP contribution in [-0.4, -0.2) is 45.8 Å². The smallest absolute Gasteiger partial charge is 0.368 e. The van der Waals surface area contributed by atoms with E-state index in [0.717, 1.165) is 0 Å². The summed E-state index contributed by atoms with van der Waals surface area (Å²) in [5.41, 5.74) is 0. The van der Waals surface area contributed by atoms with Crippen molar-refractivity contribution in [2.24, 2.45) is 0 Å². The summed E-state index contributed by atoms with van der Waals surface area (Å²) in [5, 5.41) is 0. The zero-order chi connectivity index (χ0) is 9.00. The van der Waals surface area contributed by atoms with Crippen molar-refractivity contribution in [3.05, 3.63) is 0 Å². The molecule has 11 heavy (non-hydrogen) atoms. The summed E-state index contributed by atoms with van der Waals surface area (Å²) in [7, 11) is -9.28. The Hall–Kier alpha value is 0.550. The Morgan fingerprint density at radius 3 is 0.909 bits per heavy atom. The SMILES string of the molecule is O=S(=O)(O)O.O[Si](O)(O)O.[Zn]. The fraction of sp³-hybridized carbons (Fsp3) is 0. The van der Waals surface area contributed by atoms with Crippen molar-refractivity contribution in [3.8, 4) is 0 Å². The first kappa shape index (κ1) is 17.6. The Bertz CT molecular complexity index is 149. The second-order valence-electron chi connectivity index (χ2n) is 1.05. The van der Waals surface area contributed by atoms with Gasteiger partial charge in [-0.3, -0.25) is 9.11 Å². The van der Waals surface area contributed by atoms with Crippen LogP contribution in [0.25, 0.3) is 0 Å². The first-order valence-electron chi connectivity index (χ1n) is 1.59. The van der Waals surface area contributed by atoms with Gasteiger partial charge in [-0.25, -0.2) is 0 Å². The molecular formula is H6O8SSiZn. The van der Waals surface area contributed by atoms with Gasteiger partial charge in [0, 0.05) is 19.5 Å². The standard InChI is InChI=1S/H2O4S.H4O4Si.Zn/c2*1-5(2,3)4;/h(H2,1,2,3,4);1-4H;. The van der Waals surface area contributed by atoms with Gasteiger partial charge in [-0.15, -0.1) is 0 Å². The molecule has 0 radical (unpaired) electrons. The summed E-state index contributed by atoms with van der Waals surface area (Å²) in [6.45, 7) is 0. The fourth-order valence-electron chi connectivity index (χ4n) is 0. The molecular weight excluding hydrogens is 254 g/mol. The van der Waals surface area contributed by atoms with Crippen molar-refractivity contribution in [2.75, 3.05) is 0 Å². The summed E-state index contributed by atoms with van der Waals surface area (Å²) >= 11 is 0. The van der Waals surface area contributed by atoms with E-state index < -0.39 is 19.4 Å². The van der Waals surface area contributed by atoms with Gasteiger partial charge in [0.15, 0.2) is 0 Å². The Morgan fingerprint density at radius 2 is 0.909 bits per heavy atom. The van der Waals surface area contributed by atoms with Gasteiger partial charge in [0.2, 0.25) is 0 Å². The maximum Gasteiger partial charge on any atom is 0.668 e. The molecule has 6 N–H and O–H groups in total. The molecule has 0 aromatic heterocycles. The number of hydrogen-bond donors (Lipinski definition) is 6. The van der Waals surface area contributed by atoms with E-state index in [1.807, 2.05) is 0 Å². The van der Waals surface area contributed by atoms with E-state index in [-0.39, 0.29) is 19.5 Å². The van der Waals surface area contributed by atoms with E-state index in [2.05, 4.69) is 0 Å². The summed E-state index contributed by atoms with van der Waals surface area (Å²) in [6.07, 6.45) is 0. The Kier molecular flexibility index (Phi) is 9.77. The molecule has 0 aromatic carbocycles. The van der Waals surface area contributed by atoms with Gasteiger partial charge in [-0.2, -0.15) is 8.42 Å². The van der Waals surface area contributed by atoms with E-state index >= 15 is 0 Å². The van der Waals surface area contributed by atoms with Crippen molar-refractivity contribution in [1.82, 2.24) is 0 Å². The number of hydrogen-bond acceptors (Lipinski definition) is 6. The molecule has 0 aliphatic rings. The van der Waals surface area contributed by atoms with Crippen LogP contribution < -0.4 is 0 Å². The van der Waals surface area contributed by atoms with E-state index in [1.54, 1.807) is 0 Å². The van der Waals surface area contributed by atoms with E-state index in [4.69, 9.17) is 36.7 Å². The third-order valence-electron chi connectivity index (χ3n) is 0. The topological polar surface area (TPSA) is 156 Å². The van der Waals surface area contributed by atoms with Gasteiger partial charge >= 0.3 is 19.4 Å². The van der Waals surface area contributed by atoms with Crippen LogP contribution in [0.3, 0.4) is 0 Å². The summed E-state index contributed by atoms with van der Waals surface area (Å²) in [5.74, 6) is 0. The van der Waals surface area contributed by atoms with E-state index in [9.17, 15) is 0 Å². The van der Waals surface area contributed by atoms with Crippen LogP contribution in [0.4, 0.5) is 0 Å². The van der Waals surface area contributed by atoms with Crippen LogP contribution >= 0.6 is 0 Å². The molecule has 66 valence electrons. The molecule has 0 bridgehead atoms. The molecule has 11 heteroatoms. The predicted octanol–water partition coefficient (Wildman–Crippen LogP) is -3.26. The molecule has 0 fully saturated rings. The molecule has 0 saturated carbocycles. The molecule has 0 spiro atoms. The second-order valence-corrected chi connectivity index (χ2v) is 3.14. The molecule has 0 unspecified atom stereocenters. The predicted molar refractivity (Wildman–Crippen MR) is 28.8 cm³/mol. The molecule has 0 saturated heterocycles.